The highest BCUT2D eigenvalue weighted by Crippen LogP contribution is 2.26. The molecule has 0 amide bonds. The van der Waals surface area contributed by atoms with E-state index in [0.29, 0.717) is 11.8 Å². The predicted molar refractivity (Wildman–Crippen MR) is 87.1 cm³/mol. The fourth-order valence-corrected chi connectivity index (χ4v) is 4.66. The third kappa shape index (κ3) is 4.53. The summed E-state index contributed by atoms with van der Waals surface area (Å²) in [6.45, 7) is 5.08. The van der Waals surface area contributed by atoms with E-state index in [9.17, 15) is 8.42 Å². The summed E-state index contributed by atoms with van der Waals surface area (Å²) in [5.74, 6) is 0.607. The second-order valence-electron chi connectivity index (χ2n) is 6.21. The molecule has 0 saturated carbocycles. The van der Waals surface area contributed by atoms with Gasteiger partial charge in [-0.15, -0.1) is 0 Å². The summed E-state index contributed by atoms with van der Waals surface area (Å²) in [4.78, 5) is 2.23. The smallest absolute Gasteiger partial charge is 0.151 e. The van der Waals surface area contributed by atoms with Crippen LogP contribution in [0.5, 0.6) is 0 Å². The fraction of sp³-hybridized carbons (Fsp3) is 0.625. The van der Waals surface area contributed by atoms with Crippen LogP contribution in [0, 0.1) is 0 Å². The number of hydrogen-bond donors (Lipinski definition) is 1. The Morgan fingerprint density at radius 3 is 2.48 bits per heavy atom. The van der Waals surface area contributed by atoms with Crippen LogP contribution in [0.1, 0.15) is 31.9 Å². The molecular formula is C16H26N2O2S. The highest BCUT2D eigenvalue weighted by atomic mass is 32.2. The van der Waals surface area contributed by atoms with Gasteiger partial charge in [0.1, 0.15) is 0 Å². The van der Waals surface area contributed by atoms with Gasteiger partial charge < -0.3 is 5.32 Å². The zero-order valence-electron chi connectivity index (χ0n) is 13.1. The van der Waals surface area contributed by atoms with Crippen molar-refractivity contribution in [2.75, 3.05) is 25.1 Å². The van der Waals surface area contributed by atoms with E-state index in [0.717, 1.165) is 13.0 Å². The van der Waals surface area contributed by atoms with Crippen LogP contribution < -0.4 is 5.32 Å². The van der Waals surface area contributed by atoms with E-state index >= 15 is 0 Å². The quantitative estimate of drug-likeness (QED) is 0.871. The molecule has 21 heavy (non-hydrogen) atoms. The summed E-state index contributed by atoms with van der Waals surface area (Å²) >= 11 is 0. The average Bonchev–Trinajstić information content (AvgIpc) is 2.80. The molecule has 1 aromatic carbocycles. The lowest BCUT2D eigenvalue weighted by Gasteiger charge is -2.33. The van der Waals surface area contributed by atoms with Crippen molar-refractivity contribution in [2.24, 2.45) is 0 Å². The van der Waals surface area contributed by atoms with Crippen molar-refractivity contribution < 1.29 is 8.42 Å². The molecule has 4 nitrogen and oxygen atoms in total. The SMILES string of the molecule is CC(C)NCC(c1ccccc1)N(C)C1CCS(=O)(=O)C1. The van der Waals surface area contributed by atoms with Gasteiger partial charge in [-0.2, -0.15) is 0 Å². The molecule has 1 N–H and O–H groups in total. The molecule has 2 rings (SSSR count). The Balaban J connectivity index is 2.15. The molecular weight excluding hydrogens is 284 g/mol. The van der Waals surface area contributed by atoms with E-state index in [4.69, 9.17) is 0 Å². The maximum atomic E-state index is 11.7. The van der Waals surface area contributed by atoms with Gasteiger partial charge in [0, 0.05) is 24.7 Å². The number of sulfone groups is 1. The zero-order chi connectivity index (χ0) is 15.5. The van der Waals surface area contributed by atoms with Gasteiger partial charge in [-0.25, -0.2) is 8.42 Å². The van der Waals surface area contributed by atoms with Crippen molar-refractivity contribution in [3.8, 4) is 0 Å². The van der Waals surface area contributed by atoms with Crippen molar-refractivity contribution in [2.45, 2.75) is 38.4 Å². The summed E-state index contributed by atoms with van der Waals surface area (Å²) in [7, 11) is -0.803. The zero-order valence-corrected chi connectivity index (χ0v) is 13.9. The topological polar surface area (TPSA) is 49.4 Å². The summed E-state index contributed by atoms with van der Waals surface area (Å²) in [5.41, 5.74) is 1.23. The number of benzene rings is 1. The monoisotopic (exact) mass is 310 g/mol. The Hall–Kier alpha value is -0.910. The fourth-order valence-electron chi connectivity index (χ4n) is 2.87. The molecule has 1 saturated heterocycles. The molecule has 0 bridgehead atoms. The Labute approximate surface area is 128 Å². The molecule has 1 heterocycles. The van der Waals surface area contributed by atoms with Gasteiger partial charge in [0.05, 0.1) is 11.5 Å². The van der Waals surface area contributed by atoms with Gasteiger partial charge in [0.15, 0.2) is 9.84 Å². The average molecular weight is 310 g/mol. The molecule has 1 aliphatic heterocycles. The number of likely N-dealkylation sites (N-methyl/N-ethyl adjacent to an activating group) is 1. The van der Waals surface area contributed by atoms with Crippen LogP contribution in [0.2, 0.25) is 0 Å². The molecule has 1 aromatic rings. The molecule has 1 aliphatic rings. The van der Waals surface area contributed by atoms with Crippen molar-refractivity contribution in [3.63, 3.8) is 0 Å². The molecule has 0 aromatic heterocycles. The molecule has 5 heteroatoms. The lowest BCUT2D eigenvalue weighted by atomic mass is 10.0. The van der Waals surface area contributed by atoms with E-state index in [-0.39, 0.29) is 17.8 Å². The number of rotatable bonds is 6. The molecule has 0 aliphatic carbocycles. The number of nitrogens with one attached hydrogen (secondary N) is 1. The maximum Gasteiger partial charge on any atom is 0.151 e. The molecule has 118 valence electrons. The molecule has 0 spiro atoms. The molecule has 2 atom stereocenters. The van der Waals surface area contributed by atoms with Gasteiger partial charge in [-0.3, -0.25) is 4.90 Å². The van der Waals surface area contributed by atoms with E-state index in [1.165, 1.54) is 5.56 Å². The van der Waals surface area contributed by atoms with Crippen LogP contribution in [-0.2, 0) is 9.84 Å². The summed E-state index contributed by atoms with van der Waals surface area (Å²) in [5, 5.41) is 3.48. The normalized spacial score (nSPS) is 22.8. The van der Waals surface area contributed by atoms with Gasteiger partial charge in [0.25, 0.3) is 0 Å². The largest absolute Gasteiger partial charge is 0.313 e. The first-order chi connectivity index (χ1) is 9.89. The minimum absolute atomic E-state index is 0.120. The van der Waals surface area contributed by atoms with Crippen molar-refractivity contribution in [1.82, 2.24) is 10.2 Å². The first-order valence-electron chi connectivity index (χ1n) is 7.60. The third-order valence-electron chi connectivity index (χ3n) is 4.18. The lowest BCUT2D eigenvalue weighted by Crippen LogP contribution is -2.42. The summed E-state index contributed by atoms with van der Waals surface area (Å²) in [6.07, 6.45) is 0.740. The first kappa shape index (κ1) is 16.5. The van der Waals surface area contributed by atoms with E-state index < -0.39 is 9.84 Å². The van der Waals surface area contributed by atoms with Crippen LogP contribution in [0.4, 0.5) is 0 Å². The van der Waals surface area contributed by atoms with Crippen LogP contribution in [0.15, 0.2) is 30.3 Å². The van der Waals surface area contributed by atoms with E-state index in [2.05, 4.69) is 36.2 Å². The van der Waals surface area contributed by atoms with E-state index in [1.807, 2.05) is 25.2 Å². The minimum atomic E-state index is -2.85. The minimum Gasteiger partial charge on any atom is -0.313 e. The maximum absolute atomic E-state index is 11.7. The van der Waals surface area contributed by atoms with Crippen LogP contribution in [-0.4, -0.2) is 50.5 Å². The first-order valence-corrected chi connectivity index (χ1v) is 9.42. The highest BCUT2D eigenvalue weighted by Gasteiger charge is 2.33. The predicted octanol–water partition coefficient (Wildman–Crippen LogP) is 1.84. The third-order valence-corrected chi connectivity index (χ3v) is 5.93. The van der Waals surface area contributed by atoms with Crippen molar-refractivity contribution in [3.05, 3.63) is 35.9 Å². The van der Waals surface area contributed by atoms with Gasteiger partial charge in [-0.05, 0) is 19.0 Å². The summed E-state index contributed by atoms with van der Waals surface area (Å²) in [6, 6.07) is 11.1. The van der Waals surface area contributed by atoms with Crippen molar-refractivity contribution in [1.29, 1.82) is 0 Å². The lowest BCUT2D eigenvalue weighted by molar-refractivity contribution is 0.181. The second kappa shape index (κ2) is 6.90. The summed E-state index contributed by atoms with van der Waals surface area (Å²) < 4.78 is 23.5. The van der Waals surface area contributed by atoms with Crippen LogP contribution in [0.25, 0.3) is 0 Å². The van der Waals surface area contributed by atoms with E-state index in [1.54, 1.807) is 0 Å². The van der Waals surface area contributed by atoms with Crippen LogP contribution >= 0.6 is 0 Å². The van der Waals surface area contributed by atoms with Gasteiger partial charge in [0.2, 0.25) is 0 Å². The van der Waals surface area contributed by atoms with Crippen molar-refractivity contribution >= 4 is 9.84 Å². The second-order valence-corrected chi connectivity index (χ2v) is 8.44. The van der Waals surface area contributed by atoms with Gasteiger partial charge >= 0.3 is 0 Å². The number of nitrogens with zero attached hydrogens (tertiary/aromatic N) is 1. The van der Waals surface area contributed by atoms with Gasteiger partial charge in [-0.1, -0.05) is 44.2 Å². The standard InChI is InChI=1S/C16H26N2O2S/c1-13(2)17-11-16(14-7-5-4-6-8-14)18(3)15-9-10-21(19,20)12-15/h4-8,13,15-17H,9-12H2,1-3H3. The Kier molecular flexibility index (Phi) is 5.41. The highest BCUT2D eigenvalue weighted by molar-refractivity contribution is 7.91. The number of hydrogen-bond acceptors (Lipinski definition) is 4. The Bertz CT molecular complexity index is 543. The Morgan fingerprint density at radius 1 is 1.29 bits per heavy atom. The molecule has 0 radical (unpaired) electrons. The molecule has 1 fully saturated rings. The molecule has 2 unspecified atom stereocenters. The van der Waals surface area contributed by atoms with Crippen LogP contribution in [0.3, 0.4) is 0 Å². The Morgan fingerprint density at radius 2 is 1.95 bits per heavy atom.